The van der Waals surface area contributed by atoms with Gasteiger partial charge in [0.2, 0.25) is 0 Å². The third kappa shape index (κ3) is 5.39. The normalized spacial score (nSPS) is 24.4. The summed E-state index contributed by atoms with van der Waals surface area (Å²) >= 11 is 0. The lowest BCUT2D eigenvalue weighted by Gasteiger charge is -2.36. The van der Waals surface area contributed by atoms with Gasteiger partial charge in [0.05, 0.1) is 23.9 Å². The van der Waals surface area contributed by atoms with E-state index in [1.54, 1.807) is 12.1 Å². The second-order valence-corrected chi connectivity index (χ2v) is 8.56. The van der Waals surface area contributed by atoms with Crippen molar-refractivity contribution in [3.8, 4) is 5.75 Å². The molecule has 0 bridgehead atoms. The van der Waals surface area contributed by atoms with Crippen LogP contribution in [0.4, 0.5) is 0 Å². The second-order valence-electron chi connectivity index (χ2n) is 8.56. The first kappa shape index (κ1) is 21.4. The van der Waals surface area contributed by atoms with Crippen molar-refractivity contribution in [1.29, 1.82) is 0 Å². The number of allylic oxidation sites excluding steroid dienone is 5. The van der Waals surface area contributed by atoms with E-state index < -0.39 is 0 Å². The number of aliphatic hydroxyl groups excluding tert-OH is 1. The first-order valence-electron chi connectivity index (χ1n) is 10.5. The molecule has 0 aromatic heterocycles. The van der Waals surface area contributed by atoms with Crippen molar-refractivity contribution in [2.75, 3.05) is 0 Å². The van der Waals surface area contributed by atoms with Crippen LogP contribution in [0.2, 0.25) is 0 Å². The standard InChI is InChI=1S/C25H32O4/c1-16(2)5-4-6-17(3)7-8-19-13-18(9-12-23(19)27)22-15-29-24-14-20(26)10-11-21(24)25(22)28/h5,7,9,12-13,15,20-21,24,26-27H,4,6,8,10-11,14H2,1-3H3/b17-7+. The molecule has 2 N–H and O–H groups in total. The van der Waals surface area contributed by atoms with Crippen LogP contribution in [0.1, 0.15) is 64.0 Å². The van der Waals surface area contributed by atoms with Gasteiger partial charge in [-0.25, -0.2) is 0 Å². The molecular formula is C25H32O4. The van der Waals surface area contributed by atoms with Crippen molar-refractivity contribution in [2.24, 2.45) is 5.92 Å². The van der Waals surface area contributed by atoms with E-state index in [0.717, 1.165) is 24.0 Å². The summed E-state index contributed by atoms with van der Waals surface area (Å²) in [6.07, 6.45) is 9.76. The number of carbonyl (C=O) groups excluding carboxylic acids is 1. The number of hydrogen-bond donors (Lipinski definition) is 2. The number of Topliss-reactive ketones (excluding diaryl/α,β-unsaturated/α-hetero) is 1. The number of phenolic OH excluding ortho intramolecular Hbond substituents is 1. The van der Waals surface area contributed by atoms with Crippen molar-refractivity contribution in [1.82, 2.24) is 0 Å². The highest BCUT2D eigenvalue weighted by Gasteiger charge is 2.39. The van der Waals surface area contributed by atoms with Gasteiger partial charge < -0.3 is 14.9 Å². The lowest BCUT2D eigenvalue weighted by molar-refractivity contribution is -0.126. The van der Waals surface area contributed by atoms with Crippen molar-refractivity contribution in [3.63, 3.8) is 0 Å². The monoisotopic (exact) mass is 396 g/mol. The Bertz CT molecular complexity index is 842. The van der Waals surface area contributed by atoms with Crippen molar-refractivity contribution in [2.45, 2.75) is 71.5 Å². The van der Waals surface area contributed by atoms with Crippen LogP contribution >= 0.6 is 0 Å². The summed E-state index contributed by atoms with van der Waals surface area (Å²) in [6.45, 7) is 6.31. The highest BCUT2D eigenvalue weighted by atomic mass is 16.5. The molecule has 0 saturated heterocycles. The van der Waals surface area contributed by atoms with E-state index >= 15 is 0 Å². The van der Waals surface area contributed by atoms with Gasteiger partial charge in [-0.3, -0.25) is 4.79 Å². The lowest BCUT2D eigenvalue weighted by Crippen LogP contribution is -2.40. The number of fused-ring (bicyclic) bond motifs is 1. The summed E-state index contributed by atoms with van der Waals surface area (Å²) in [4.78, 5) is 13.0. The Morgan fingerprint density at radius 2 is 2.00 bits per heavy atom. The van der Waals surface area contributed by atoms with Crippen LogP contribution in [0.5, 0.6) is 5.75 Å². The molecule has 1 fully saturated rings. The Kier molecular flexibility index (Phi) is 6.96. The minimum absolute atomic E-state index is 0.0817. The zero-order valence-electron chi connectivity index (χ0n) is 17.6. The highest BCUT2D eigenvalue weighted by Crippen LogP contribution is 2.37. The highest BCUT2D eigenvalue weighted by molar-refractivity contribution is 6.22. The van der Waals surface area contributed by atoms with Gasteiger partial charge in [0.1, 0.15) is 11.9 Å². The maximum Gasteiger partial charge on any atom is 0.173 e. The quantitative estimate of drug-likeness (QED) is 0.657. The minimum Gasteiger partial charge on any atom is -0.508 e. The Labute approximate surface area is 173 Å². The predicted molar refractivity (Wildman–Crippen MR) is 115 cm³/mol. The molecular weight excluding hydrogens is 364 g/mol. The summed E-state index contributed by atoms with van der Waals surface area (Å²) in [6, 6.07) is 5.32. The number of aromatic hydroxyl groups is 1. The first-order valence-corrected chi connectivity index (χ1v) is 10.5. The third-order valence-corrected chi connectivity index (χ3v) is 5.88. The molecule has 3 atom stereocenters. The average molecular weight is 397 g/mol. The number of ether oxygens (including phenoxy) is 1. The maximum atomic E-state index is 13.0. The summed E-state index contributed by atoms with van der Waals surface area (Å²) in [5.74, 6) is 0.136. The van der Waals surface area contributed by atoms with E-state index in [1.165, 1.54) is 17.4 Å². The average Bonchev–Trinajstić information content (AvgIpc) is 2.67. The van der Waals surface area contributed by atoms with Crippen molar-refractivity contribution < 1.29 is 19.7 Å². The third-order valence-electron chi connectivity index (χ3n) is 5.88. The van der Waals surface area contributed by atoms with E-state index in [0.29, 0.717) is 31.3 Å². The fourth-order valence-corrected chi connectivity index (χ4v) is 4.07. The zero-order valence-corrected chi connectivity index (χ0v) is 17.6. The molecule has 1 heterocycles. The van der Waals surface area contributed by atoms with Crippen LogP contribution in [0.25, 0.3) is 5.57 Å². The van der Waals surface area contributed by atoms with Gasteiger partial charge in [-0.1, -0.05) is 29.4 Å². The minimum atomic E-state index is -0.383. The number of ketones is 1. The molecule has 3 unspecified atom stereocenters. The summed E-state index contributed by atoms with van der Waals surface area (Å²) in [7, 11) is 0. The van der Waals surface area contributed by atoms with E-state index in [4.69, 9.17) is 4.74 Å². The van der Waals surface area contributed by atoms with Crippen molar-refractivity contribution >= 4 is 11.4 Å². The fraction of sp³-hybridized carbons (Fsp3) is 0.480. The predicted octanol–water partition coefficient (Wildman–Crippen LogP) is 5.10. The summed E-state index contributed by atoms with van der Waals surface area (Å²) in [5, 5.41) is 20.1. The zero-order chi connectivity index (χ0) is 21.0. The van der Waals surface area contributed by atoms with Gasteiger partial charge in [0.25, 0.3) is 0 Å². The summed E-state index contributed by atoms with van der Waals surface area (Å²) in [5.41, 5.74) is 4.76. The molecule has 1 aliphatic heterocycles. The number of benzene rings is 1. The smallest absolute Gasteiger partial charge is 0.173 e. The molecule has 156 valence electrons. The first-order chi connectivity index (χ1) is 13.8. The SMILES string of the molecule is CC(C)=CCC/C(C)=C/Cc1cc(C2=COC3CC(O)CCC3C2=O)ccc1O. The molecule has 3 rings (SSSR count). The van der Waals surface area contributed by atoms with Crippen LogP contribution in [0, 0.1) is 5.92 Å². The summed E-state index contributed by atoms with van der Waals surface area (Å²) < 4.78 is 5.80. The molecule has 0 amide bonds. The van der Waals surface area contributed by atoms with Crippen LogP contribution in [0.3, 0.4) is 0 Å². The van der Waals surface area contributed by atoms with Crippen LogP contribution in [0.15, 0.2) is 47.8 Å². The van der Waals surface area contributed by atoms with E-state index in [2.05, 4.69) is 32.9 Å². The molecule has 1 saturated carbocycles. The van der Waals surface area contributed by atoms with E-state index in [1.807, 2.05) is 6.07 Å². The number of rotatable bonds is 6. The lowest BCUT2D eigenvalue weighted by atomic mass is 9.78. The number of carbonyl (C=O) groups is 1. The fourth-order valence-electron chi connectivity index (χ4n) is 4.07. The van der Waals surface area contributed by atoms with Gasteiger partial charge in [0.15, 0.2) is 5.78 Å². The van der Waals surface area contributed by atoms with Crippen molar-refractivity contribution in [3.05, 3.63) is 58.9 Å². The van der Waals surface area contributed by atoms with Crippen LogP contribution in [-0.2, 0) is 16.0 Å². The van der Waals surface area contributed by atoms with Crippen LogP contribution in [-0.4, -0.2) is 28.2 Å². The van der Waals surface area contributed by atoms with E-state index in [9.17, 15) is 15.0 Å². The number of hydrogen-bond acceptors (Lipinski definition) is 4. The van der Waals surface area contributed by atoms with Gasteiger partial charge in [-0.05, 0) is 76.1 Å². The molecule has 4 nitrogen and oxygen atoms in total. The largest absolute Gasteiger partial charge is 0.508 e. The molecule has 1 aromatic carbocycles. The Morgan fingerprint density at radius 3 is 2.76 bits per heavy atom. The molecule has 1 aromatic rings. The van der Waals surface area contributed by atoms with Gasteiger partial charge in [-0.15, -0.1) is 0 Å². The second kappa shape index (κ2) is 9.45. The van der Waals surface area contributed by atoms with Gasteiger partial charge in [-0.2, -0.15) is 0 Å². The molecule has 0 radical (unpaired) electrons. The topological polar surface area (TPSA) is 66.8 Å². The van der Waals surface area contributed by atoms with Gasteiger partial charge in [0, 0.05) is 6.42 Å². The molecule has 29 heavy (non-hydrogen) atoms. The molecule has 0 spiro atoms. The Balaban J connectivity index is 1.73. The number of aliphatic hydroxyl groups is 1. The molecule has 2 aliphatic rings. The Morgan fingerprint density at radius 1 is 1.21 bits per heavy atom. The van der Waals surface area contributed by atoms with E-state index in [-0.39, 0.29) is 29.7 Å². The maximum absolute atomic E-state index is 13.0. The Hall–Kier alpha value is -2.33. The molecule has 1 aliphatic carbocycles. The number of phenols is 1. The van der Waals surface area contributed by atoms with Crippen LogP contribution < -0.4 is 0 Å². The molecule has 4 heteroatoms. The van der Waals surface area contributed by atoms with Gasteiger partial charge >= 0.3 is 0 Å².